The van der Waals surface area contributed by atoms with E-state index in [0.717, 1.165) is 0 Å². The molecule has 8 nitrogen and oxygen atoms in total. The van der Waals surface area contributed by atoms with E-state index < -0.39 is 11.9 Å². The summed E-state index contributed by atoms with van der Waals surface area (Å²) in [7, 11) is 0. The molecule has 0 atom stereocenters. The SMILES string of the molecule is CCOC(=O)c1ccc(NC(=O)/C(C#N)=C/c2ccc(OCC(=O)Nc3cccc(Cl)c3)cc2)cc1. The topological polar surface area (TPSA) is 118 Å². The summed E-state index contributed by atoms with van der Waals surface area (Å²) in [5.41, 5.74) is 1.83. The Kier molecular flexibility index (Phi) is 9.20. The van der Waals surface area contributed by atoms with Gasteiger partial charge in [-0.3, -0.25) is 9.59 Å². The molecule has 0 spiro atoms. The summed E-state index contributed by atoms with van der Waals surface area (Å²) in [5.74, 6) is -0.959. The first-order valence-electron chi connectivity index (χ1n) is 10.9. The van der Waals surface area contributed by atoms with Crippen LogP contribution < -0.4 is 15.4 Å². The van der Waals surface area contributed by atoms with E-state index in [1.54, 1.807) is 67.6 Å². The van der Waals surface area contributed by atoms with Gasteiger partial charge in [0.05, 0.1) is 12.2 Å². The van der Waals surface area contributed by atoms with Crippen molar-refractivity contribution in [3.63, 3.8) is 0 Å². The van der Waals surface area contributed by atoms with Crippen molar-refractivity contribution in [1.29, 1.82) is 5.26 Å². The summed E-state index contributed by atoms with van der Waals surface area (Å²) in [4.78, 5) is 36.3. The maximum absolute atomic E-state index is 12.5. The Morgan fingerprint density at radius 2 is 1.69 bits per heavy atom. The van der Waals surface area contributed by atoms with Gasteiger partial charge in [0.2, 0.25) is 0 Å². The van der Waals surface area contributed by atoms with Crippen LogP contribution in [0.1, 0.15) is 22.8 Å². The average molecular weight is 504 g/mol. The number of halogens is 1. The zero-order valence-corrected chi connectivity index (χ0v) is 20.0. The summed E-state index contributed by atoms with van der Waals surface area (Å²) in [5, 5.41) is 15.2. The first-order valence-corrected chi connectivity index (χ1v) is 11.2. The number of carbonyl (C=O) groups is 3. The summed E-state index contributed by atoms with van der Waals surface area (Å²) in [6, 6.07) is 21.4. The number of rotatable bonds is 9. The quantitative estimate of drug-likeness (QED) is 0.239. The molecular formula is C27H22ClN3O5. The lowest BCUT2D eigenvalue weighted by atomic mass is 10.1. The highest BCUT2D eigenvalue weighted by atomic mass is 35.5. The van der Waals surface area contributed by atoms with Gasteiger partial charge in [-0.2, -0.15) is 5.26 Å². The van der Waals surface area contributed by atoms with Crippen molar-refractivity contribution in [3.05, 3.63) is 94.5 Å². The average Bonchev–Trinajstić information content (AvgIpc) is 2.87. The van der Waals surface area contributed by atoms with Crippen molar-refractivity contribution in [1.82, 2.24) is 0 Å². The number of esters is 1. The van der Waals surface area contributed by atoms with Crippen molar-refractivity contribution in [2.45, 2.75) is 6.92 Å². The number of ether oxygens (including phenoxy) is 2. The smallest absolute Gasteiger partial charge is 0.338 e. The molecule has 0 fully saturated rings. The Morgan fingerprint density at radius 1 is 0.972 bits per heavy atom. The molecule has 0 aliphatic carbocycles. The molecule has 182 valence electrons. The highest BCUT2D eigenvalue weighted by molar-refractivity contribution is 6.30. The van der Waals surface area contributed by atoms with Crippen molar-refractivity contribution in [2.24, 2.45) is 0 Å². The molecule has 36 heavy (non-hydrogen) atoms. The lowest BCUT2D eigenvalue weighted by Crippen LogP contribution is -2.20. The van der Waals surface area contributed by atoms with Gasteiger partial charge >= 0.3 is 5.97 Å². The molecule has 0 heterocycles. The largest absolute Gasteiger partial charge is 0.484 e. The van der Waals surface area contributed by atoms with E-state index in [1.165, 1.54) is 18.2 Å². The maximum Gasteiger partial charge on any atom is 0.338 e. The number of amides is 2. The lowest BCUT2D eigenvalue weighted by molar-refractivity contribution is -0.118. The summed E-state index contributed by atoms with van der Waals surface area (Å²) in [6.07, 6.45) is 1.43. The third-order valence-corrected chi connectivity index (χ3v) is 4.92. The van der Waals surface area contributed by atoms with Gasteiger partial charge in [0.1, 0.15) is 17.4 Å². The number of nitriles is 1. The first kappa shape index (κ1) is 26.0. The number of carbonyl (C=O) groups excluding carboxylic acids is 3. The molecule has 0 saturated carbocycles. The molecule has 3 rings (SSSR count). The normalized spacial score (nSPS) is 10.6. The lowest BCUT2D eigenvalue weighted by Gasteiger charge is -2.08. The predicted molar refractivity (Wildman–Crippen MR) is 137 cm³/mol. The van der Waals surface area contributed by atoms with Crippen LogP contribution in [0, 0.1) is 11.3 Å². The zero-order chi connectivity index (χ0) is 25.9. The van der Waals surface area contributed by atoms with Gasteiger partial charge in [0, 0.05) is 16.4 Å². The monoisotopic (exact) mass is 503 g/mol. The molecule has 0 aliphatic heterocycles. The standard InChI is InChI=1S/C27H22ClN3O5/c1-2-35-27(34)19-8-10-22(11-9-19)31-26(33)20(16-29)14-18-6-12-24(13-7-18)36-17-25(32)30-23-5-3-4-21(28)15-23/h3-15H,2,17H2,1H3,(H,30,32)(H,31,33)/b20-14+. The Morgan fingerprint density at radius 3 is 2.33 bits per heavy atom. The molecule has 0 saturated heterocycles. The fraction of sp³-hybridized carbons (Fsp3) is 0.111. The van der Waals surface area contributed by atoms with Crippen LogP contribution in [0.3, 0.4) is 0 Å². The molecule has 2 N–H and O–H groups in total. The van der Waals surface area contributed by atoms with Gasteiger partial charge in [0.25, 0.3) is 11.8 Å². The molecule has 3 aromatic carbocycles. The van der Waals surface area contributed by atoms with Crippen LogP contribution in [-0.2, 0) is 14.3 Å². The second-order valence-corrected chi connectivity index (χ2v) is 7.77. The van der Waals surface area contributed by atoms with Crippen LogP contribution in [-0.4, -0.2) is 31.0 Å². The minimum absolute atomic E-state index is 0.112. The third-order valence-electron chi connectivity index (χ3n) is 4.69. The Hall–Kier alpha value is -4.61. The van der Waals surface area contributed by atoms with E-state index >= 15 is 0 Å². The summed E-state index contributed by atoms with van der Waals surface area (Å²) < 4.78 is 10.4. The van der Waals surface area contributed by atoms with Crippen LogP contribution in [0.4, 0.5) is 11.4 Å². The van der Waals surface area contributed by atoms with E-state index in [2.05, 4.69) is 10.6 Å². The van der Waals surface area contributed by atoms with Gasteiger partial charge in [-0.15, -0.1) is 0 Å². The number of benzene rings is 3. The second-order valence-electron chi connectivity index (χ2n) is 7.34. The molecule has 0 aromatic heterocycles. The minimum atomic E-state index is -0.598. The van der Waals surface area contributed by atoms with E-state index in [9.17, 15) is 19.6 Å². The van der Waals surface area contributed by atoms with Crippen LogP contribution in [0.25, 0.3) is 6.08 Å². The number of hydrogen-bond acceptors (Lipinski definition) is 6. The van der Waals surface area contributed by atoms with Gasteiger partial charge < -0.3 is 20.1 Å². The highest BCUT2D eigenvalue weighted by Crippen LogP contribution is 2.18. The Balaban J connectivity index is 1.56. The van der Waals surface area contributed by atoms with Gasteiger partial charge in [-0.05, 0) is 73.2 Å². The van der Waals surface area contributed by atoms with Crippen molar-refractivity contribution < 1.29 is 23.9 Å². The number of nitrogens with one attached hydrogen (secondary N) is 2. The second kappa shape index (κ2) is 12.7. The molecule has 0 bridgehead atoms. The summed E-state index contributed by atoms with van der Waals surface area (Å²) >= 11 is 5.90. The van der Waals surface area contributed by atoms with E-state index in [1.807, 2.05) is 6.07 Å². The fourth-order valence-corrected chi connectivity index (χ4v) is 3.18. The van der Waals surface area contributed by atoms with E-state index in [0.29, 0.717) is 33.3 Å². The molecule has 0 unspecified atom stereocenters. The van der Waals surface area contributed by atoms with Crippen LogP contribution in [0.5, 0.6) is 5.75 Å². The maximum atomic E-state index is 12.5. The van der Waals surface area contributed by atoms with E-state index in [4.69, 9.17) is 21.1 Å². The van der Waals surface area contributed by atoms with Crippen molar-refractivity contribution >= 4 is 46.8 Å². The van der Waals surface area contributed by atoms with Crippen LogP contribution in [0.2, 0.25) is 5.02 Å². The number of hydrogen-bond donors (Lipinski definition) is 2. The Bertz CT molecular complexity index is 1310. The van der Waals surface area contributed by atoms with Crippen molar-refractivity contribution in [3.8, 4) is 11.8 Å². The summed E-state index contributed by atoms with van der Waals surface area (Å²) in [6.45, 7) is 1.77. The molecular weight excluding hydrogens is 482 g/mol. The zero-order valence-electron chi connectivity index (χ0n) is 19.3. The van der Waals surface area contributed by atoms with Gasteiger partial charge in [-0.25, -0.2) is 4.79 Å². The predicted octanol–water partition coefficient (Wildman–Crippen LogP) is 5.08. The first-order chi connectivity index (χ1) is 17.4. The van der Waals surface area contributed by atoms with Crippen molar-refractivity contribution in [2.75, 3.05) is 23.8 Å². The van der Waals surface area contributed by atoms with E-state index in [-0.39, 0.29) is 24.7 Å². The molecule has 0 aliphatic rings. The molecule has 9 heteroatoms. The van der Waals surface area contributed by atoms with Gasteiger partial charge in [-0.1, -0.05) is 29.8 Å². The molecule has 2 amide bonds. The van der Waals surface area contributed by atoms with Gasteiger partial charge in [0.15, 0.2) is 6.61 Å². The number of anilines is 2. The molecule has 0 radical (unpaired) electrons. The van der Waals surface area contributed by atoms with Crippen LogP contribution in [0.15, 0.2) is 78.4 Å². The highest BCUT2D eigenvalue weighted by Gasteiger charge is 2.11. The number of nitrogens with zero attached hydrogens (tertiary/aromatic N) is 1. The third kappa shape index (κ3) is 7.72. The van der Waals surface area contributed by atoms with Crippen LogP contribution >= 0.6 is 11.6 Å². The molecule has 3 aromatic rings. The fourth-order valence-electron chi connectivity index (χ4n) is 2.99. The minimum Gasteiger partial charge on any atom is -0.484 e. The Labute approximate surface area is 213 Å².